The molecule has 0 radical (unpaired) electrons. The molecule has 2 aliphatic rings. The minimum atomic E-state index is 0.0368. The normalized spacial score (nSPS) is 38.5. The molecule has 0 saturated carbocycles. The van der Waals surface area contributed by atoms with Gasteiger partial charge in [0, 0.05) is 0 Å². The summed E-state index contributed by atoms with van der Waals surface area (Å²) < 4.78 is 5.88. The molecule has 1 aliphatic heterocycles. The summed E-state index contributed by atoms with van der Waals surface area (Å²) in [5.41, 5.74) is 3.64. The minimum absolute atomic E-state index is 0.0368. The molecule has 2 rings (SSSR count). The number of rotatable bonds is 2. The smallest absolute Gasteiger partial charge is 0.145 e. The van der Waals surface area contributed by atoms with Gasteiger partial charge in [-0.05, 0) is 77.2 Å². The molecule has 22 heavy (non-hydrogen) atoms. The van der Waals surface area contributed by atoms with Crippen molar-refractivity contribution in [2.75, 3.05) is 0 Å². The van der Waals surface area contributed by atoms with Crippen LogP contribution >= 0.6 is 0 Å². The van der Waals surface area contributed by atoms with Crippen LogP contribution in [0.15, 0.2) is 35.5 Å². The lowest BCUT2D eigenvalue weighted by atomic mass is 9.89. The Morgan fingerprint density at radius 3 is 2.82 bits per heavy atom. The molecule has 0 N–H and O–H groups in total. The molecule has 0 aromatic rings. The second-order valence-corrected chi connectivity index (χ2v) is 7.26. The van der Waals surface area contributed by atoms with Crippen LogP contribution in [0.3, 0.4) is 0 Å². The van der Waals surface area contributed by atoms with E-state index in [9.17, 15) is 4.79 Å². The van der Waals surface area contributed by atoms with Crippen LogP contribution in [0.1, 0.15) is 65.7 Å². The molecule has 1 heterocycles. The summed E-state index contributed by atoms with van der Waals surface area (Å²) in [6.45, 7) is 10.7. The predicted octanol–water partition coefficient (Wildman–Crippen LogP) is 5.15. The van der Waals surface area contributed by atoms with E-state index in [0.717, 1.165) is 56.8 Å². The highest BCUT2D eigenvalue weighted by molar-refractivity contribution is 5.73. The third-order valence-corrected chi connectivity index (χ3v) is 5.26. The van der Waals surface area contributed by atoms with Crippen molar-refractivity contribution in [2.24, 2.45) is 5.92 Å². The zero-order valence-electron chi connectivity index (χ0n) is 14.4. The number of aldehydes is 1. The first-order valence-electron chi connectivity index (χ1n) is 8.57. The molecular formula is C20H30O2. The lowest BCUT2D eigenvalue weighted by Crippen LogP contribution is -2.10. The third-order valence-electron chi connectivity index (χ3n) is 5.26. The summed E-state index contributed by atoms with van der Waals surface area (Å²) in [6, 6.07) is 0. The average molecular weight is 302 g/mol. The molecule has 0 aromatic carbocycles. The molecule has 0 bridgehead atoms. The Labute approximate surface area is 135 Å². The molecule has 1 aliphatic carbocycles. The molecule has 122 valence electrons. The van der Waals surface area contributed by atoms with E-state index < -0.39 is 0 Å². The highest BCUT2D eigenvalue weighted by atomic mass is 16.6. The molecule has 2 heteroatoms. The second-order valence-electron chi connectivity index (χ2n) is 7.26. The Morgan fingerprint density at radius 1 is 1.36 bits per heavy atom. The van der Waals surface area contributed by atoms with E-state index in [-0.39, 0.29) is 5.60 Å². The molecule has 1 saturated heterocycles. The van der Waals surface area contributed by atoms with Gasteiger partial charge < -0.3 is 4.74 Å². The van der Waals surface area contributed by atoms with Crippen LogP contribution in [-0.4, -0.2) is 18.0 Å². The van der Waals surface area contributed by atoms with Gasteiger partial charge in [0.15, 0.2) is 0 Å². The second kappa shape index (κ2) is 7.41. The SMILES string of the molecule is C=C(C)[C@@H]1C/C=C(\C=O)CC[C@H]2O[C@]2(C)CC/C=C(/C)CC1. The highest BCUT2D eigenvalue weighted by Crippen LogP contribution is 2.43. The maximum Gasteiger partial charge on any atom is 0.145 e. The van der Waals surface area contributed by atoms with Crippen LogP contribution in [-0.2, 0) is 9.53 Å². The number of hydrogen-bond donors (Lipinski definition) is 0. The van der Waals surface area contributed by atoms with Crippen molar-refractivity contribution in [3.8, 4) is 0 Å². The Hall–Kier alpha value is -1.15. The monoisotopic (exact) mass is 302 g/mol. The van der Waals surface area contributed by atoms with Crippen molar-refractivity contribution in [3.05, 3.63) is 35.5 Å². The van der Waals surface area contributed by atoms with Crippen LogP contribution in [0.2, 0.25) is 0 Å². The number of allylic oxidation sites excluding steroid dienone is 5. The molecule has 2 nitrogen and oxygen atoms in total. The largest absolute Gasteiger partial charge is 0.366 e. The first-order chi connectivity index (χ1) is 10.4. The van der Waals surface area contributed by atoms with Crippen molar-refractivity contribution < 1.29 is 9.53 Å². The zero-order valence-corrected chi connectivity index (χ0v) is 14.4. The number of fused-ring (bicyclic) bond motifs is 1. The summed E-state index contributed by atoms with van der Waals surface area (Å²) in [5, 5.41) is 0. The van der Waals surface area contributed by atoms with Gasteiger partial charge in [-0.3, -0.25) is 4.79 Å². The fourth-order valence-corrected chi connectivity index (χ4v) is 3.35. The zero-order chi connectivity index (χ0) is 16.2. The number of hydrogen-bond acceptors (Lipinski definition) is 2. The summed E-state index contributed by atoms with van der Waals surface area (Å²) >= 11 is 0. The Balaban J connectivity index is 2.09. The van der Waals surface area contributed by atoms with E-state index in [2.05, 4.69) is 39.5 Å². The van der Waals surface area contributed by atoms with E-state index in [4.69, 9.17) is 4.74 Å². The number of epoxide rings is 1. The lowest BCUT2D eigenvalue weighted by Gasteiger charge is -2.16. The molecule has 1 fully saturated rings. The first-order valence-corrected chi connectivity index (χ1v) is 8.57. The van der Waals surface area contributed by atoms with Gasteiger partial charge in [-0.2, -0.15) is 0 Å². The Morgan fingerprint density at radius 2 is 2.14 bits per heavy atom. The molecule has 0 aromatic heterocycles. The quantitative estimate of drug-likeness (QED) is 0.401. The standard InChI is InChI=1S/C20H30O2/c1-15(2)18-10-7-16(3)6-5-13-20(4)19(22-20)12-9-17(14-21)8-11-18/h6,8,14,18-19H,1,5,7,9-13H2,2-4H3/b16-6-,17-8-/t18-,19+,20+/m0/s1. The Bertz CT molecular complexity index is 486. The Kier molecular flexibility index (Phi) is 5.80. The van der Waals surface area contributed by atoms with E-state index in [1.54, 1.807) is 0 Å². The summed E-state index contributed by atoms with van der Waals surface area (Å²) in [4.78, 5) is 11.3. The maximum atomic E-state index is 11.3. The first kappa shape index (κ1) is 17.2. The van der Waals surface area contributed by atoms with Crippen molar-refractivity contribution in [2.45, 2.75) is 77.4 Å². The van der Waals surface area contributed by atoms with Crippen LogP contribution in [0, 0.1) is 5.92 Å². The van der Waals surface area contributed by atoms with E-state index in [1.165, 1.54) is 11.1 Å². The van der Waals surface area contributed by atoms with Crippen LogP contribution in [0.4, 0.5) is 0 Å². The predicted molar refractivity (Wildman–Crippen MR) is 91.8 cm³/mol. The van der Waals surface area contributed by atoms with E-state index >= 15 is 0 Å². The number of carbonyl (C=O) groups is 1. The minimum Gasteiger partial charge on any atom is -0.366 e. The van der Waals surface area contributed by atoms with Crippen LogP contribution < -0.4 is 0 Å². The van der Waals surface area contributed by atoms with Crippen LogP contribution in [0.5, 0.6) is 0 Å². The van der Waals surface area contributed by atoms with Crippen molar-refractivity contribution in [1.29, 1.82) is 0 Å². The lowest BCUT2D eigenvalue weighted by molar-refractivity contribution is -0.105. The number of carbonyl (C=O) groups excluding carboxylic acids is 1. The van der Waals surface area contributed by atoms with Gasteiger partial charge >= 0.3 is 0 Å². The van der Waals surface area contributed by atoms with E-state index in [0.29, 0.717) is 12.0 Å². The van der Waals surface area contributed by atoms with Gasteiger partial charge in [0.2, 0.25) is 0 Å². The van der Waals surface area contributed by atoms with Gasteiger partial charge in [0.05, 0.1) is 11.7 Å². The van der Waals surface area contributed by atoms with Gasteiger partial charge in [0.1, 0.15) is 6.29 Å². The number of ether oxygens (including phenoxy) is 1. The van der Waals surface area contributed by atoms with Gasteiger partial charge in [-0.15, -0.1) is 0 Å². The molecule has 0 unspecified atom stereocenters. The topological polar surface area (TPSA) is 29.6 Å². The van der Waals surface area contributed by atoms with Crippen molar-refractivity contribution in [3.63, 3.8) is 0 Å². The summed E-state index contributed by atoms with van der Waals surface area (Å²) in [5.74, 6) is 0.476. The third kappa shape index (κ3) is 4.67. The van der Waals surface area contributed by atoms with Crippen LogP contribution in [0.25, 0.3) is 0 Å². The van der Waals surface area contributed by atoms with Gasteiger partial charge in [0.25, 0.3) is 0 Å². The van der Waals surface area contributed by atoms with E-state index in [1.807, 2.05) is 0 Å². The van der Waals surface area contributed by atoms with Crippen molar-refractivity contribution in [1.82, 2.24) is 0 Å². The van der Waals surface area contributed by atoms with Crippen molar-refractivity contribution >= 4 is 6.29 Å². The molecule has 0 amide bonds. The summed E-state index contributed by atoms with van der Waals surface area (Å²) in [6.07, 6.45) is 13.0. The fraction of sp³-hybridized carbons (Fsp3) is 0.650. The highest BCUT2D eigenvalue weighted by Gasteiger charge is 2.50. The fourth-order valence-electron chi connectivity index (χ4n) is 3.35. The average Bonchev–Trinajstić information content (AvgIpc) is 3.11. The maximum absolute atomic E-state index is 11.3. The molecule has 0 spiro atoms. The molecular weight excluding hydrogens is 272 g/mol. The molecule has 3 atom stereocenters. The van der Waals surface area contributed by atoms with Gasteiger partial charge in [-0.25, -0.2) is 0 Å². The van der Waals surface area contributed by atoms with Gasteiger partial charge in [-0.1, -0.05) is 29.9 Å². The summed E-state index contributed by atoms with van der Waals surface area (Å²) in [7, 11) is 0.